The number of piperidine rings is 1. The summed E-state index contributed by atoms with van der Waals surface area (Å²) >= 11 is 5.96. The van der Waals surface area contributed by atoms with Crippen molar-refractivity contribution in [3.63, 3.8) is 0 Å². The van der Waals surface area contributed by atoms with E-state index >= 15 is 0 Å². The van der Waals surface area contributed by atoms with Crippen molar-refractivity contribution in [2.45, 2.75) is 56.8 Å². The van der Waals surface area contributed by atoms with Crippen molar-refractivity contribution in [1.82, 2.24) is 4.90 Å². The van der Waals surface area contributed by atoms with Crippen LogP contribution in [-0.2, 0) is 6.42 Å². The van der Waals surface area contributed by atoms with Crippen LogP contribution in [0.15, 0.2) is 54.6 Å². The fourth-order valence-corrected chi connectivity index (χ4v) is 4.89. The van der Waals surface area contributed by atoms with Gasteiger partial charge in [-0.15, -0.1) is 0 Å². The second-order valence-corrected chi connectivity index (χ2v) is 8.70. The summed E-state index contributed by atoms with van der Waals surface area (Å²) in [5.74, 6) is 1.54. The molecule has 4 rings (SSSR count). The Labute approximate surface area is 173 Å². The summed E-state index contributed by atoms with van der Waals surface area (Å²) in [7, 11) is 0. The smallest absolute Gasteiger partial charge is 0.126 e. The summed E-state index contributed by atoms with van der Waals surface area (Å²) in [5.41, 5.74) is 1.44. The van der Waals surface area contributed by atoms with Crippen molar-refractivity contribution in [1.29, 1.82) is 0 Å². The molecule has 0 spiro atoms. The van der Waals surface area contributed by atoms with E-state index < -0.39 is 6.10 Å². The predicted molar refractivity (Wildman–Crippen MR) is 114 cm³/mol. The van der Waals surface area contributed by atoms with Crippen LogP contribution in [0.2, 0.25) is 5.02 Å². The summed E-state index contributed by atoms with van der Waals surface area (Å²) in [5, 5.41) is 11.7. The molecule has 28 heavy (non-hydrogen) atoms. The van der Waals surface area contributed by atoms with E-state index in [1.165, 1.54) is 24.8 Å². The van der Waals surface area contributed by atoms with Gasteiger partial charge in [-0.1, -0.05) is 41.9 Å². The predicted octanol–water partition coefficient (Wildman–Crippen LogP) is 4.96. The zero-order chi connectivity index (χ0) is 19.3. The lowest BCUT2D eigenvalue weighted by molar-refractivity contribution is -0.0605. The summed E-state index contributed by atoms with van der Waals surface area (Å²) in [6.07, 6.45) is 6.09. The third-order valence-electron chi connectivity index (χ3n) is 6.35. The van der Waals surface area contributed by atoms with E-state index in [4.69, 9.17) is 16.3 Å². The van der Waals surface area contributed by atoms with E-state index in [-0.39, 0.29) is 12.1 Å². The molecule has 1 heterocycles. The Morgan fingerprint density at radius 2 is 1.64 bits per heavy atom. The van der Waals surface area contributed by atoms with Crippen LogP contribution < -0.4 is 4.74 Å². The Morgan fingerprint density at radius 3 is 2.36 bits per heavy atom. The monoisotopic (exact) mass is 399 g/mol. The number of aliphatic hydroxyl groups excluding tert-OH is 1. The van der Waals surface area contributed by atoms with E-state index in [2.05, 4.69) is 35.2 Å². The quantitative estimate of drug-likeness (QED) is 0.771. The maximum Gasteiger partial charge on any atom is 0.126 e. The van der Waals surface area contributed by atoms with Gasteiger partial charge >= 0.3 is 0 Å². The van der Waals surface area contributed by atoms with Gasteiger partial charge in [0.1, 0.15) is 18.0 Å². The lowest BCUT2D eigenvalue weighted by atomic mass is 9.85. The molecule has 1 aliphatic heterocycles. The zero-order valence-electron chi connectivity index (χ0n) is 16.3. The van der Waals surface area contributed by atoms with E-state index in [9.17, 15) is 5.11 Å². The number of nitrogens with zero attached hydrogens (tertiary/aromatic N) is 1. The van der Waals surface area contributed by atoms with Gasteiger partial charge in [0.2, 0.25) is 0 Å². The highest BCUT2D eigenvalue weighted by atomic mass is 35.5. The van der Waals surface area contributed by atoms with Crippen LogP contribution >= 0.6 is 11.6 Å². The molecule has 0 radical (unpaired) electrons. The summed E-state index contributed by atoms with van der Waals surface area (Å²) in [6, 6.07) is 18.4. The van der Waals surface area contributed by atoms with Crippen LogP contribution in [-0.4, -0.2) is 41.3 Å². The minimum Gasteiger partial charge on any atom is -0.488 e. The number of rotatable bonds is 5. The topological polar surface area (TPSA) is 32.7 Å². The first-order valence-electron chi connectivity index (χ1n) is 10.6. The van der Waals surface area contributed by atoms with Crippen molar-refractivity contribution < 1.29 is 9.84 Å². The minimum absolute atomic E-state index is 0.137. The zero-order valence-corrected chi connectivity index (χ0v) is 17.1. The minimum atomic E-state index is -0.435. The molecule has 2 aliphatic rings. The molecule has 1 N–H and O–H groups in total. The van der Waals surface area contributed by atoms with Gasteiger partial charge in [-0.05, 0) is 87.4 Å². The van der Waals surface area contributed by atoms with Gasteiger partial charge in [-0.3, -0.25) is 4.90 Å². The second kappa shape index (κ2) is 9.30. The number of benzene rings is 2. The van der Waals surface area contributed by atoms with Gasteiger partial charge in [0.05, 0.1) is 0 Å². The first-order chi connectivity index (χ1) is 13.7. The van der Waals surface area contributed by atoms with Gasteiger partial charge in [0.15, 0.2) is 0 Å². The lowest BCUT2D eigenvalue weighted by Gasteiger charge is -2.44. The largest absolute Gasteiger partial charge is 0.488 e. The van der Waals surface area contributed by atoms with E-state index in [0.717, 1.165) is 44.0 Å². The highest BCUT2D eigenvalue weighted by Crippen LogP contribution is 2.31. The Hall–Kier alpha value is -1.55. The van der Waals surface area contributed by atoms with Gasteiger partial charge in [-0.2, -0.15) is 0 Å². The van der Waals surface area contributed by atoms with Crippen molar-refractivity contribution in [2.75, 3.05) is 13.1 Å². The Morgan fingerprint density at radius 1 is 0.929 bits per heavy atom. The van der Waals surface area contributed by atoms with E-state index in [1.54, 1.807) is 0 Å². The fourth-order valence-electron chi connectivity index (χ4n) is 4.77. The molecule has 0 unspecified atom stereocenters. The summed E-state index contributed by atoms with van der Waals surface area (Å²) in [4.78, 5) is 2.50. The molecule has 0 aromatic heterocycles. The number of likely N-dealkylation sites (tertiary alicyclic amines) is 1. The molecule has 3 atom stereocenters. The lowest BCUT2D eigenvalue weighted by Crippen LogP contribution is -2.54. The fraction of sp³-hybridized carbons (Fsp3) is 0.500. The highest BCUT2D eigenvalue weighted by Gasteiger charge is 2.38. The first-order valence-corrected chi connectivity index (χ1v) is 10.9. The molecule has 2 aromatic rings. The van der Waals surface area contributed by atoms with Gasteiger partial charge in [0, 0.05) is 11.1 Å². The molecule has 1 saturated heterocycles. The maximum atomic E-state index is 11.0. The van der Waals surface area contributed by atoms with Crippen molar-refractivity contribution in [2.24, 2.45) is 5.92 Å². The first kappa shape index (κ1) is 19.8. The van der Waals surface area contributed by atoms with Crippen molar-refractivity contribution in [3.8, 4) is 5.75 Å². The van der Waals surface area contributed by atoms with Crippen LogP contribution in [0.3, 0.4) is 0 Å². The number of ether oxygens (including phenoxy) is 1. The third kappa shape index (κ3) is 4.89. The Bertz CT molecular complexity index is 728. The molecule has 3 nitrogen and oxygen atoms in total. The molecular weight excluding hydrogens is 370 g/mol. The molecule has 2 fully saturated rings. The standard InChI is InChI=1S/C24H30ClNO2/c25-20-9-11-21(12-10-20)28-23-8-4-7-22(24(23)27)26-15-13-19(14-16-26)17-18-5-2-1-3-6-18/h1-3,5-6,9-12,19,22-24,27H,4,7-8,13-17H2/t22-,23+,24+/m0/s1. The number of hydrogen-bond acceptors (Lipinski definition) is 3. The van der Waals surface area contributed by atoms with Crippen molar-refractivity contribution in [3.05, 3.63) is 65.2 Å². The van der Waals surface area contributed by atoms with Crippen molar-refractivity contribution >= 4 is 11.6 Å². The van der Waals surface area contributed by atoms with Crippen LogP contribution in [0.1, 0.15) is 37.7 Å². The van der Waals surface area contributed by atoms with E-state index in [0.29, 0.717) is 5.02 Å². The molecule has 1 saturated carbocycles. The molecule has 0 bridgehead atoms. The van der Waals surface area contributed by atoms with Gasteiger partial charge < -0.3 is 9.84 Å². The van der Waals surface area contributed by atoms with Gasteiger partial charge in [-0.25, -0.2) is 0 Å². The molecular formula is C24H30ClNO2. The highest BCUT2D eigenvalue weighted by molar-refractivity contribution is 6.30. The second-order valence-electron chi connectivity index (χ2n) is 8.27. The molecule has 2 aromatic carbocycles. The number of halogens is 1. The van der Waals surface area contributed by atoms with Crippen LogP contribution in [0.25, 0.3) is 0 Å². The SMILES string of the molecule is O[C@H]1[C@H](Oc2ccc(Cl)cc2)CCC[C@@H]1N1CCC(Cc2ccccc2)CC1. The van der Waals surface area contributed by atoms with E-state index in [1.807, 2.05) is 24.3 Å². The Balaban J connectivity index is 1.31. The molecule has 1 aliphatic carbocycles. The van der Waals surface area contributed by atoms with Gasteiger partial charge in [0.25, 0.3) is 0 Å². The number of aliphatic hydroxyl groups is 1. The normalized spacial score (nSPS) is 26.9. The van der Waals surface area contributed by atoms with Crippen LogP contribution in [0.4, 0.5) is 0 Å². The van der Waals surface area contributed by atoms with Crippen LogP contribution in [0.5, 0.6) is 5.75 Å². The third-order valence-corrected chi connectivity index (χ3v) is 6.60. The van der Waals surface area contributed by atoms with Crippen LogP contribution in [0, 0.1) is 5.92 Å². The summed E-state index contributed by atoms with van der Waals surface area (Å²) in [6.45, 7) is 2.15. The summed E-state index contributed by atoms with van der Waals surface area (Å²) < 4.78 is 6.11. The molecule has 150 valence electrons. The average Bonchev–Trinajstić information content (AvgIpc) is 2.73. The Kier molecular flexibility index (Phi) is 6.56. The number of hydrogen-bond donors (Lipinski definition) is 1. The molecule has 0 amide bonds. The molecule has 4 heteroatoms. The average molecular weight is 400 g/mol. The maximum absolute atomic E-state index is 11.0.